The number of rotatable bonds is 5. The maximum atomic E-state index is 9.66. The van der Waals surface area contributed by atoms with Gasteiger partial charge in [0.2, 0.25) is 0 Å². The number of benzene rings is 4. The highest BCUT2D eigenvalue weighted by atomic mass is 28.3. The topological polar surface area (TPSA) is 27.0 Å². The van der Waals surface area contributed by atoms with Gasteiger partial charge in [0.1, 0.15) is 8.07 Å². The Hall–Kier alpha value is -3.61. The predicted molar refractivity (Wildman–Crippen MR) is 146 cm³/mol. The molecular weight excluding hydrogens is 428 g/mol. The second-order valence-corrected chi connectivity index (χ2v) is 14.9. The van der Waals surface area contributed by atoms with E-state index in [-0.39, 0.29) is 0 Å². The number of nitriles is 1. The van der Waals surface area contributed by atoms with Crippen LogP contribution in [0.5, 0.6) is 0 Å². The molecule has 0 saturated heterocycles. The van der Waals surface area contributed by atoms with Crippen molar-refractivity contribution in [3.8, 4) is 17.2 Å². The molecule has 0 unspecified atom stereocenters. The maximum Gasteiger partial charge on any atom is 0.124 e. The molecule has 168 valence electrons. The standard InChI is InChI=1S/C31H30N2Si/c1-22(2)34(23(3)4)30-19-24(21-32)15-17-28(30)29-18-16-27(20-31(29)34)33(25-11-7-5-8-12-25)26-13-9-6-10-14-26/h5-20,22-23H,1-4H3. The van der Waals surface area contributed by atoms with E-state index in [1.165, 1.54) is 27.2 Å². The summed E-state index contributed by atoms with van der Waals surface area (Å²) in [6, 6.07) is 36.9. The van der Waals surface area contributed by atoms with Gasteiger partial charge >= 0.3 is 0 Å². The van der Waals surface area contributed by atoms with Gasteiger partial charge < -0.3 is 4.90 Å². The van der Waals surface area contributed by atoms with Gasteiger partial charge in [-0.2, -0.15) is 5.26 Å². The molecule has 0 bridgehead atoms. The predicted octanol–water partition coefficient (Wildman–Crippen LogP) is 7.39. The molecule has 0 fully saturated rings. The summed E-state index contributed by atoms with van der Waals surface area (Å²) < 4.78 is 0. The first kappa shape index (κ1) is 22.2. The van der Waals surface area contributed by atoms with Crippen LogP contribution in [0.1, 0.15) is 33.3 Å². The van der Waals surface area contributed by atoms with E-state index in [1.807, 2.05) is 6.07 Å². The minimum atomic E-state index is -2.13. The fourth-order valence-corrected chi connectivity index (χ4v) is 12.3. The summed E-state index contributed by atoms with van der Waals surface area (Å²) in [4.78, 5) is 2.35. The number of anilines is 3. The van der Waals surface area contributed by atoms with Gasteiger partial charge in [0.15, 0.2) is 0 Å². The summed E-state index contributed by atoms with van der Waals surface area (Å²) >= 11 is 0. The van der Waals surface area contributed by atoms with Gasteiger partial charge in [-0.25, -0.2) is 0 Å². The van der Waals surface area contributed by atoms with E-state index < -0.39 is 8.07 Å². The van der Waals surface area contributed by atoms with E-state index in [4.69, 9.17) is 0 Å². The first-order chi connectivity index (χ1) is 16.5. The summed E-state index contributed by atoms with van der Waals surface area (Å²) in [7, 11) is -2.13. The largest absolute Gasteiger partial charge is 0.311 e. The number of fused-ring (bicyclic) bond motifs is 3. The SMILES string of the molecule is CC(C)[Si]1(C(C)C)c2cc(C#N)ccc2-c2ccc(N(c3ccccc3)c3ccccc3)cc21. The Morgan fingerprint density at radius 3 is 1.62 bits per heavy atom. The molecule has 0 amide bonds. The van der Waals surface area contributed by atoms with Crippen LogP contribution in [0.4, 0.5) is 17.1 Å². The van der Waals surface area contributed by atoms with Gasteiger partial charge in [0, 0.05) is 17.1 Å². The number of hydrogen-bond acceptors (Lipinski definition) is 2. The van der Waals surface area contributed by atoms with Gasteiger partial charge in [-0.3, -0.25) is 0 Å². The average molecular weight is 459 g/mol. The van der Waals surface area contributed by atoms with Crippen LogP contribution in [0.3, 0.4) is 0 Å². The molecule has 0 aliphatic carbocycles. The van der Waals surface area contributed by atoms with Crippen LogP contribution in [0.15, 0.2) is 97.1 Å². The van der Waals surface area contributed by atoms with E-state index in [9.17, 15) is 5.26 Å². The van der Waals surface area contributed by atoms with Crippen molar-refractivity contribution in [3.63, 3.8) is 0 Å². The molecule has 1 aliphatic rings. The van der Waals surface area contributed by atoms with E-state index in [0.717, 1.165) is 16.9 Å². The van der Waals surface area contributed by atoms with E-state index in [2.05, 4.69) is 130 Å². The van der Waals surface area contributed by atoms with E-state index in [1.54, 1.807) is 0 Å². The van der Waals surface area contributed by atoms with Crippen molar-refractivity contribution in [2.24, 2.45) is 0 Å². The molecule has 1 heterocycles. The molecule has 3 heteroatoms. The molecule has 0 aromatic heterocycles. The molecule has 0 radical (unpaired) electrons. The third kappa shape index (κ3) is 3.29. The monoisotopic (exact) mass is 458 g/mol. The smallest absolute Gasteiger partial charge is 0.124 e. The van der Waals surface area contributed by atoms with Crippen molar-refractivity contribution in [2.45, 2.75) is 38.8 Å². The van der Waals surface area contributed by atoms with Crippen LogP contribution in [-0.2, 0) is 0 Å². The molecule has 34 heavy (non-hydrogen) atoms. The molecule has 0 saturated carbocycles. The van der Waals surface area contributed by atoms with Crippen LogP contribution >= 0.6 is 0 Å². The molecule has 0 N–H and O–H groups in total. The Kier molecular flexibility index (Phi) is 5.63. The highest BCUT2D eigenvalue weighted by Gasteiger charge is 2.50. The van der Waals surface area contributed by atoms with Crippen molar-refractivity contribution in [2.75, 3.05) is 4.90 Å². The minimum absolute atomic E-state index is 0.513. The average Bonchev–Trinajstić information content (AvgIpc) is 3.15. The van der Waals surface area contributed by atoms with Gasteiger partial charge in [0.05, 0.1) is 11.6 Å². The second kappa shape index (κ2) is 8.63. The molecule has 5 rings (SSSR count). The highest BCUT2D eigenvalue weighted by Crippen LogP contribution is 2.43. The minimum Gasteiger partial charge on any atom is -0.311 e. The third-order valence-electron chi connectivity index (χ3n) is 7.44. The first-order valence-corrected chi connectivity index (χ1v) is 14.2. The fourth-order valence-electron chi connectivity index (χ4n) is 6.10. The van der Waals surface area contributed by atoms with Crippen LogP contribution in [-0.4, -0.2) is 8.07 Å². The molecule has 0 spiro atoms. The first-order valence-electron chi connectivity index (χ1n) is 12.1. The Morgan fingerprint density at radius 1 is 0.618 bits per heavy atom. The van der Waals surface area contributed by atoms with Crippen LogP contribution in [0, 0.1) is 11.3 Å². The van der Waals surface area contributed by atoms with Gasteiger partial charge in [-0.1, -0.05) is 76.2 Å². The van der Waals surface area contributed by atoms with Gasteiger partial charge in [-0.05, 0) is 81.1 Å². The zero-order valence-electron chi connectivity index (χ0n) is 20.3. The lowest BCUT2D eigenvalue weighted by Gasteiger charge is -2.38. The van der Waals surface area contributed by atoms with Crippen molar-refractivity contribution in [3.05, 3.63) is 103 Å². The normalized spacial score (nSPS) is 13.4. The Bertz CT molecular complexity index is 1320. The van der Waals surface area contributed by atoms with Gasteiger partial charge in [-0.15, -0.1) is 0 Å². The van der Waals surface area contributed by atoms with Gasteiger partial charge in [0.25, 0.3) is 0 Å². The maximum absolute atomic E-state index is 9.66. The molecule has 0 atom stereocenters. The Morgan fingerprint density at radius 2 is 1.12 bits per heavy atom. The number of nitrogens with zero attached hydrogens (tertiary/aromatic N) is 2. The summed E-state index contributed by atoms with van der Waals surface area (Å²) in [5, 5.41) is 12.6. The quantitative estimate of drug-likeness (QED) is 0.292. The molecular formula is C31H30N2Si. The lowest BCUT2D eigenvalue weighted by Crippen LogP contribution is -2.60. The fraction of sp³-hybridized carbons (Fsp3) is 0.194. The molecule has 4 aromatic carbocycles. The van der Waals surface area contributed by atoms with E-state index in [0.29, 0.717) is 11.1 Å². The van der Waals surface area contributed by atoms with Crippen molar-refractivity contribution in [1.82, 2.24) is 0 Å². The number of para-hydroxylation sites is 2. The van der Waals surface area contributed by atoms with Crippen LogP contribution in [0.2, 0.25) is 11.1 Å². The Labute approximate surface area is 204 Å². The molecule has 4 aromatic rings. The zero-order valence-corrected chi connectivity index (χ0v) is 21.3. The summed E-state index contributed by atoms with van der Waals surface area (Å²) in [6.07, 6.45) is 0. The van der Waals surface area contributed by atoms with Crippen molar-refractivity contribution >= 4 is 35.5 Å². The zero-order chi connectivity index (χ0) is 23.9. The molecule has 2 nitrogen and oxygen atoms in total. The number of hydrogen-bond donors (Lipinski definition) is 0. The van der Waals surface area contributed by atoms with Crippen LogP contribution in [0.25, 0.3) is 11.1 Å². The van der Waals surface area contributed by atoms with Crippen LogP contribution < -0.4 is 15.3 Å². The second-order valence-electron chi connectivity index (χ2n) is 9.79. The Balaban J connectivity index is 1.78. The summed E-state index contributed by atoms with van der Waals surface area (Å²) in [5.74, 6) is 0. The lowest BCUT2D eigenvalue weighted by atomic mass is 10.0. The lowest BCUT2D eigenvalue weighted by molar-refractivity contribution is 0.930. The van der Waals surface area contributed by atoms with E-state index >= 15 is 0 Å². The summed E-state index contributed by atoms with van der Waals surface area (Å²) in [6.45, 7) is 9.51. The van der Waals surface area contributed by atoms with Crippen molar-refractivity contribution < 1.29 is 0 Å². The summed E-state index contributed by atoms with van der Waals surface area (Å²) in [5.41, 5.74) is 7.94. The van der Waals surface area contributed by atoms with Crippen molar-refractivity contribution in [1.29, 1.82) is 5.26 Å². The third-order valence-corrected chi connectivity index (χ3v) is 13.7. The molecule has 1 aliphatic heterocycles. The highest BCUT2D eigenvalue weighted by molar-refractivity contribution is 7.07.